The van der Waals surface area contributed by atoms with Crippen molar-refractivity contribution in [3.63, 3.8) is 0 Å². The maximum Gasteiger partial charge on any atom is 0.272 e. The number of rotatable bonds is 3. The lowest BCUT2D eigenvalue weighted by Crippen LogP contribution is -2.51. The number of carbonyl (C=O) groups excluding carboxylic acids is 1. The number of hydrogen-bond donors (Lipinski definition) is 2. The minimum Gasteiger partial charge on any atom is -0.396 e. The van der Waals surface area contributed by atoms with Gasteiger partial charge < -0.3 is 20.3 Å². The monoisotopic (exact) mass is 478 g/mol. The van der Waals surface area contributed by atoms with Crippen LogP contribution in [0, 0.1) is 17.5 Å². The SMILES string of the molecule is Nc1cc(-n2cc(N3N=NCC3=O)c(=O)c3cc(F)c(N4CC(O)C4)c(Cl)c32)c(F)cc1F. The Morgan fingerprint density at radius 2 is 1.79 bits per heavy atom. The van der Waals surface area contributed by atoms with Crippen LogP contribution in [0.3, 0.4) is 0 Å². The quantitative estimate of drug-likeness (QED) is 0.561. The van der Waals surface area contributed by atoms with Gasteiger partial charge in [0.2, 0.25) is 5.43 Å². The molecule has 13 heteroatoms. The second-order valence-electron chi connectivity index (χ2n) is 7.61. The predicted octanol–water partition coefficient (Wildman–Crippen LogP) is 2.54. The van der Waals surface area contributed by atoms with Gasteiger partial charge in [-0.05, 0) is 12.1 Å². The molecule has 2 aliphatic heterocycles. The molecule has 0 spiro atoms. The first-order valence-corrected chi connectivity index (χ1v) is 10.0. The summed E-state index contributed by atoms with van der Waals surface area (Å²) in [5.41, 5.74) is 3.61. The van der Waals surface area contributed by atoms with Gasteiger partial charge in [-0.15, -0.1) is 0 Å². The summed E-state index contributed by atoms with van der Waals surface area (Å²) in [4.78, 5) is 26.8. The summed E-state index contributed by atoms with van der Waals surface area (Å²) < 4.78 is 44.8. The van der Waals surface area contributed by atoms with Gasteiger partial charge in [0, 0.05) is 25.4 Å². The number of amides is 1. The van der Waals surface area contributed by atoms with Gasteiger partial charge in [-0.25, -0.2) is 13.2 Å². The number of nitrogens with two attached hydrogens (primary N) is 1. The van der Waals surface area contributed by atoms with Crippen LogP contribution in [0.1, 0.15) is 0 Å². The van der Waals surface area contributed by atoms with Crippen LogP contribution in [0.4, 0.5) is 30.2 Å². The van der Waals surface area contributed by atoms with Gasteiger partial charge in [-0.2, -0.15) is 10.1 Å². The number of pyridine rings is 1. The van der Waals surface area contributed by atoms with Crippen molar-refractivity contribution >= 4 is 45.5 Å². The molecule has 2 aliphatic rings. The number of benzene rings is 2. The molecule has 3 N–H and O–H groups in total. The van der Waals surface area contributed by atoms with Crippen molar-refractivity contribution in [2.75, 3.05) is 35.3 Å². The normalized spacial score (nSPS) is 16.2. The van der Waals surface area contributed by atoms with Gasteiger partial charge in [0.05, 0.1) is 39.1 Å². The lowest BCUT2D eigenvalue weighted by Gasteiger charge is -2.38. The Balaban J connectivity index is 1.88. The highest BCUT2D eigenvalue weighted by Crippen LogP contribution is 2.39. The molecular formula is C20H14ClF3N6O3. The minimum absolute atomic E-state index is 0.0946. The largest absolute Gasteiger partial charge is 0.396 e. The number of nitrogens with zero attached hydrogens (tertiary/aromatic N) is 5. The molecule has 1 aromatic heterocycles. The summed E-state index contributed by atoms with van der Waals surface area (Å²) >= 11 is 6.52. The number of aromatic nitrogens is 1. The number of β-amino-alcohol motifs (C(OH)–C–C–N with tert-alkyl or cyclic N) is 1. The molecule has 0 atom stereocenters. The van der Waals surface area contributed by atoms with Crippen LogP contribution < -0.4 is 21.1 Å². The summed E-state index contributed by atoms with van der Waals surface area (Å²) in [7, 11) is 0. The first-order valence-electron chi connectivity index (χ1n) is 9.63. The number of anilines is 3. The van der Waals surface area contributed by atoms with E-state index in [0.717, 1.165) is 22.9 Å². The third kappa shape index (κ3) is 3.21. The predicted molar refractivity (Wildman–Crippen MR) is 114 cm³/mol. The van der Waals surface area contributed by atoms with Gasteiger partial charge in [0.15, 0.2) is 0 Å². The molecular weight excluding hydrogens is 465 g/mol. The molecule has 0 saturated carbocycles. The highest BCUT2D eigenvalue weighted by molar-refractivity contribution is 6.38. The molecule has 0 radical (unpaired) electrons. The molecule has 9 nitrogen and oxygen atoms in total. The summed E-state index contributed by atoms with van der Waals surface area (Å²) in [6.45, 7) is -0.101. The second kappa shape index (κ2) is 7.46. The number of carbonyl (C=O) groups is 1. The number of nitrogen functional groups attached to an aromatic ring is 1. The Morgan fingerprint density at radius 3 is 2.42 bits per heavy atom. The number of aliphatic hydroxyl groups is 1. The first-order chi connectivity index (χ1) is 15.7. The standard InChI is InChI=1S/C20H14ClF3N6O3/c21-17-18-9(1-12(24)19(17)28-5-8(31)6-28)20(33)15(30-16(32)4-26-27-30)7-29(18)14-3-13(25)10(22)2-11(14)23/h1-3,7-8,31H,4-6,25H2. The van der Waals surface area contributed by atoms with Crippen LogP contribution in [0.15, 0.2) is 39.5 Å². The van der Waals surface area contributed by atoms with E-state index in [-0.39, 0.29) is 58.3 Å². The zero-order valence-corrected chi connectivity index (χ0v) is 17.4. The maximum absolute atomic E-state index is 15.1. The van der Waals surface area contributed by atoms with Crippen LogP contribution >= 0.6 is 11.6 Å². The maximum atomic E-state index is 15.1. The summed E-state index contributed by atoms with van der Waals surface area (Å²) in [6, 6.07) is 2.45. The van der Waals surface area contributed by atoms with Crippen molar-refractivity contribution in [2.45, 2.75) is 6.10 Å². The van der Waals surface area contributed by atoms with Crippen molar-refractivity contribution < 1.29 is 23.1 Å². The molecule has 3 heterocycles. The minimum atomic E-state index is -1.05. The Labute approximate surface area is 188 Å². The Kier molecular flexibility index (Phi) is 4.79. The van der Waals surface area contributed by atoms with Gasteiger partial charge in [0.1, 0.15) is 29.7 Å². The highest BCUT2D eigenvalue weighted by atomic mass is 35.5. The average molecular weight is 479 g/mol. The molecule has 2 aromatic carbocycles. The Morgan fingerprint density at radius 1 is 1.06 bits per heavy atom. The van der Waals surface area contributed by atoms with E-state index in [4.69, 9.17) is 17.3 Å². The van der Waals surface area contributed by atoms with E-state index < -0.39 is 34.9 Å². The summed E-state index contributed by atoms with van der Waals surface area (Å²) in [5.74, 6) is -3.53. The highest BCUT2D eigenvalue weighted by Gasteiger charge is 2.32. The zero-order chi connectivity index (χ0) is 23.6. The third-order valence-electron chi connectivity index (χ3n) is 5.47. The molecule has 3 aromatic rings. The fraction of sp³-hybridized carbons (Fsp3) is 0.200. The fourth-order valence-electron chi connectivity index (χ4n) is 3.85. The first kappa shape index (κ1) is 21.2. The molecule has 0 unspecified atom stereocenters. The molecule has 170 valence electrons. The van der Waals surface area contributed by atoms with Crippen molar-refractivity contribution in [1.82, 2.24) is 4.57 Å². The smallest absolute Gasteiger partial charge is 0.272 e. The molecule has 1 fully saturated rings. The van der Waals surface area contributed by atoms with Gasteiger partial charge >= 0.3 is 0 Å². The molecule has 1 saturated heterocycles. The van der Waals surface area contributed by atoms with Crippen molar-refractivity contribution in [1.29, 1.82) is 0 Å². The van der Waals surface area contributed by atoms with E-state index in [2.05, 4.69) is 10.3 Å². The molecule has 33 heavy (non-hydrogen) atoms. The van der Waals surface area contributed by atoms with Crippen LogP contribution in [0.25, 0.3) is 16.6 Å². The van der Waals surface area contributed by atoms with Gasteiger partial charge in [-0.1, -0.05) is 16.8 Å². The number of fused-ring (bicyclic) bond motifs is 1. The van der Waals surface area contributed by atoms with Crippen LogP contribution in [-0.2, 0) is 4.79 Å². The van der Waals surface area contributed by atoms with E-state index in [0.29, 0.717) is 11.1 Å². The van der Waals surface area contributed by atoms with Crippen LogP contribution in [-0.4, -0.2) is 41.3 Å². The summed E-state index contributed by atoms with van der Waals surface area (Å²) in [6.07, 6.45) is 0.405. The number of hydrogen-bond acceptors (Lipinski definition) is 7. The molecule has 0 aliphatic carbocycles. The van der Waals surface area contributed by atoms with Crippen LogP contribution in [0.5, 0.6) is 0 Å². The molecule has 0 bridgehead atoms. The molecule has 5 rings (SSSR count). The van der Waals surface area contributed by atoms with E-state index in [9.17, 15) is 23.5 Å². The third-order valence-corrected chi connectivity index (χ3v) is 5.82. The topological polar surface area (TPSA) is 117 Å². The fourth-order valence-corrected chi connectivity index (χ4v) is 4.26. The van der Waals surface area contributed by atoms with Crippen molar-refractivity contribution in [3.05, 3.63) is 57.1 Å². The second-order valence-corrected chi connectivity index (χ2v) is 7.99. The van der Waals surface area contributed by atoms with Gasteiger partial charge in [-0.3, -0.25) is 9.59 Å². The summed E-state index contributed by atoms with van der Waals surface area (Å²) in [5, 5.41) is 17.0. The van der Waals surface area contributed by atoms with E-state index in [1.165, 1.54) is 4.90 Å². The number of aliphatic hydroxyl groups excluding tert-OH is 1. The van der Waals surface area contributed by atoms with Crippen molar-refractivity contribution in [2.24, 2.45) is 10.3 Å². The van der Waals surface area contributed by atoms with Crippen LogP contribution in [0.2, 0.25) is 5.02 Å². The Bertz CT molecular complexity index is 1440. The Hall–Kier alpha value is -3.64. The average Bonchev–Trinajstić information content (AvgIpc) is 3.16. The molecule has 1 amide bonds. The van der Waals surface area contributed by atoms with E-state index in [1.54, 1.807) is 0 Å². The zero-order valence-electron chi connectivity index (χ0n) is 16.6. The van der Waals surface area contributed by atoms with E-state index in [1.807, 2.05) is 0 Å². The lowest BCUT2D eigenvalue weighted by molar-refractivity contribution is -0.116. The van der Waals surface area contributed by atoms with Gasteiger partial charge in [0.25, 0.3) is 5.91 Å². The van der Waals surface area contributed by atoms with E-state index >= 15 is 4.39 Å². The van der Waals surface area contributed by atoms with Crippen molar-refractivity contribution in [3.8, 4) is 5.69 Å². The lowest BCUT2D eigenvalue weighted by atomic mass is 10.1. The number of halogens is 4.